The van der Waals surface area contributed by atoms with Crippen LogP contribution in [0, 0.1) is 0 Å². The smallest absolute Gasteiger partial charge is 0.180 e. The molecule has 0 spiro atoms. The number of aliphatic hydroxyl groups excluding tert-OH is 1. The molecular weight excluding hydrogens is 436 g/mol. The number of fused-ring (bicyclic) bond motifs is 1. The van der Waals surface area contributed by atoms with E-state index in [1.807, 2.05) is 0 Å². The van der Waals surface area contributed by atoms with E-state index in [9.17, 15) is 10.2 Å². The van der Waals surface area contributed by atoms with E-state index in [2.05, 4.69) is 70.0 Å². The summed E-state index contributed by atoms with van der Waals surface area (Å²) in [5.41, 5.74) is 7.60. The average molecular weight is 473 g/mol. The van der Waals surface area contributed by atoms with E-state index < -0.39 is 6.29 Å². The van der Waals surface area contributed by atoms with Crippen molar-refractivity contribution in [1.82, 2.24) is 10.3 Å². The molecule has 2 aromatic carbocycles. The zero-order chi connectivity index (χ0) is 24.2. The van der Waals surface area contributed by atoms with Gasteiger partial charge in [0.05, 0.1) is 11.9 Å². The molecule has 0 bridgehead atoms. The lowest BCUT2D eigenvalue weighted by Crippen LogP contribution is -2.34. The van der Waals surface area contributed by atoms with Crippen LogP contribution in [0.3, 0.4) is 0 Å². The fourth-order valence-electron chi connectivity index (χ4n) is 5.58. The molecule has 6 nitrogen and oxygen atoms in total. The summed E-state index contributed by atoms with van der Waals surface area (Å²) in [6.45, 7) is 1.54. The van der Waals surface area contributed by atoms with E-state index in [4.69, 9.17) is 0 Å². The van der Waals surface area contributed by atoms with Crippen molar-refractivity contribution in [2.24, 2.45) is 0 Å². The largest absolute Gasteiger partial charge is 0.382 e. The lowest BCUT2D eigenvalue weighted by atomic mass is 9.84. The lowest BCUT2D eigenvalue weighted by molar-refractivity contribution is -0.0419. The molecule has 1 saturated carbocycles. The van der Waals surface area contributed by atoms with Gasteiger partial charge in [0.15, 0.2) is 6.29 Å². The van der Waals surface area contributed by atoms with E-state index in [0.29, 0.717) is 17.8 Å². The normalized spacial score (nSPS) is 18.3. The van der Waals surface area contributed by atoms with Gasteiger partial charge in [-0.25, -0.2) is 0 Å². The predicted octanol–water partition coefficient (Wildman–Crippen LogP) is 5.18. The summed E-state index contributed by atoms with van der Waals surface area (Å²) in [4.78, 5) is 6.39. The Morgan fingerprint density at radius 3 is 2.57 bits per heavy atom. The van der Waals surface area contributed by atoms with Crippen molar-refractivity contribution in [3.05, 3.63) is 83.2 Å². The quantitative estimate of drug-likeness (QED) is 0.355. The molecule has 1 aliphatic carbocycles. The maximum atomic E-state index is 9.62. The zero-order valence-corrected chi connectivity index (χ0v) is 20.5. The molecule has 1 atom stereocenters. The van der Waals surface area contributed by atoms with Gasteiger partial charge in [-0.3, -0.25) is 4.98 Å². The molecule has 184 valence electrons. The summed E-state index contributed by atoms with van der Waals surface area (Å²) in [5, 5.41) is 26.2. The van der Waals surface area contributed by atoms with Crippen LogP contribution in [0.15, 0.2) is 60.9 Å². The highest BCUT2D eigenvalue weighted by Crippen LogP contribution is 2.35. The standard InChI is InChI=1S/C29H36N4O2/c1-33(23-9-7-21(8-10-23)20-5-3-2-4-6-20)24-11-12-25-22(17-24)13-16-31-28(25)19-32-27-18-30-15-14-26(27)29(34)35/h7-12,14-15,17-18,20,28-29,31-32,34-35H,2-6,13,16,19H2,1H3/t28-/m1/s1. The Morgan fingerprint density at radius 2 is 1.80 bits per heavy atom. The third kappa shape index (κ3) is 5.35. The van der Waals surface area contributed by atoms with Crippen LogP contribution in [-0.4, -0.2) is 35.3 Å². The Bertz CT molecular complexity index is 1130. The van der Waals surface area contributed by atoms with Gasteiger partial charge in [0.2, 0.25) is 0 Å². The molecule has 35 heavy (non-hydrogen) atoms. The van der Waals surface area contributed by atoms with Gasteiger partial charge in [-0.05, 0) is 78.7 Å². The number of hydrogen-bond donors (Lipinski definition) is 4. The minimum absolute atomic E-state index is 0.136. The maximum absolute atomic E-state index is 9.62. The highest BCUT2D eigenvalue weighted by atomic mass is 16.5. The SMILES string of the molecule is CN(c1ccc(C2CCCCC2)cc1)c1ccc2c(c1)CCN[C@@H]2CNc1cnccc1C(O)O. The first-order valence-corrected chi connectivity index (χ1v) is 12.8. The van der Waals surface area contributed by atoms with Gasteiger partial charge in [0, 0.05) is 42.8 Å². The van der Waals surface area contributed by atoms with Gasteiger partial charge in [-0.2, -0.15) is 0 Å². The van der Waals surface area contributed by atoms with Gasteiger partial charge >= 0.3 is 0 Å². The number of aliphatic hydroxyl groups is 2. The molecular formula is C29H36N4O2. The summed E-state index contributed by atoms with van der Waals surface area (Å²) < 4.78 is 0. The molecule has 1 aliphatic heterocycles. The minimum Gasteiger partial charge on any atom is -0.382 e. The van der Waals surface area contributed by atoms with Crippen LogP contribution >= 0.6 is 0 Å². The third-order valence-corrected chi connectivity index (χ3v) is 7.66. The second-order valence-electron chi connectivity index (χ2n) is 9.84. The van der Waals surface area contributed by atoms with Crippen LogP contribution in [0.25, 0.3) is 0 Å². The van der Waals surface area contributed by atoms with Crippen molar-refractivity contribution in [2.75, 3.05) is 30.4 Å². The maximum Gasteiger partial charge on any atom is 0.180 e. The Balaban J connectivity index is 1.28. The monoisotopic (exact) mass is 472 g/mol. The van der Waals surface area contributed by atoms with Crippen LogP contribution in [0.1, 0.15) is 72.6 Å². The summed E-state index contributed by atoms with van der Waals surface area (Å²) in [7, 11) is 2.14. The second-order valence-corrected chi connectivity index (χ2v) is 9.84. The molecule has 0 amide bonds. The number of nitrogens with zero attached hydrogens (tertiary/aromatic N) is 2. The first kappa shape index (κ1) is 23.8. The number of rotatable bonds is 7. The molecule has 0 radical (unpaired) electrons. The number of anilines is 3. The highest BCUT2D eigenvalue weighted by molar-refractivity contribution is 5.64. The van der Waals surface area contributed by atoms with Crippen molar-refractivity contribution in [3.8, 4) is 0 Å². The molecule has 2 heterocycles. The number of pyridine rings is 1. The number of nitrogens with one attached hydrogen (secondary N) is 2. The van der Waals surface area contributed by atoms with Crippen molar-refractivity contribution in [2.45, 2.75) is 56.8 Å². The van der Waals surface area contributed by atoms with Crippen LogP contribution in [-0.2, 0) is 6.42 Å². The van der Waals surface area contributed by atoms with Crippen LogP contribution in [0.2, 0.25) is 0 Å². The van der Waals surface area contributed by atoms with Crippen molar-refractivity contribution in [1.29, 1.82) is 0 Å². The van der Waals surface area contributed by atoms with Crippen LogP contribution in [0.4, 0.5) is 17.1 Å². The van der Waals surface area contributed by atoms with Crippen molar-refractivity contribution < 1.29 is 10.2 Å². The van der Waals surface area contributed by atoms with Crippen molar-refractivity contribution >= 4 is 17.1 Å². The molecule has 0 unspecified atom stereocenters. The first-order chi connectivity index (χ1) is 17.1. The second kappa shape index (κ2) is 10.8. The van der Waals surface area contributed by atoms with E-state index in [0.717, 1.165) is 18.9 Å². The Hall–Kier alpha value is -2.93. The van der Waals surface area contributed by atoms with E-state index in [1.54, 1.807) is 18.5 Å². The Labute approximate surface area is 208 Å². The summed E-state index contributed by atoms with van der Waals surface area (Å²) >= 11 is 0. The summed E-state index contributed by atoms with van der Waals surface area (Å²) in [6.07, 6.45) is 9.42. The van der Waals surface area contributed by atoms with Gasteiger partial charge in [0.1, 0.15) is 0 Å². The van der Waals surface area contributed by atoms with Crippen LogP contribution in [0.5, 0.6) is 0 Å². The lowest BCUT2D eigenvalue weighted by Gasteiger charge is -2.30. The fraction of sp³-hybridized carbons (Fsp3) is 0.414. The van der Waals surface area contributed by atoms with E-state index in [-0.39, 0.29) is 6.04 Å². The fourth-order valence-corrected chi connectivity index (χ4v) is 5.58. The van der Waals surface area contributed by atoms with Gasteiger partial charge in [-0.15, -0.1) is 0 Å². The Kier molecular flexibility index (Phi) is 7.32. The minimum atomic E-state index is -1.53. The molecule has 1 fully saturated rings. The number of benzene rings is 2. The molecule has 5 rings (SSSR count). The van der Waals surface area contributed by atoms with Gasteiger partial charge < -0.3 is 25.7 Å². The molecule has 1 aromatic heterocycles. The molecule has 4 N–H and O–H groups in total. The topological polar surface area (TPSA) is 80.7 Å². The molecule has 6 heteroatoms. The zero-order valence-electron chi connectivity index (χ0n) is 20.5. The third-order valence-electron chi connectivity index (χ3n) is 7.66. The van der Waals surface area contributed by atoms with Gasteiger partial charge in [-0.1, -0.05) is 37.5 Å². The predicted molar refractivity (Wildman–Crippen MR) is 141 cm³/mol. The molecule has 0 saturated heterocycles. The number of aromatic nitrogens is 1. The van der Waals surface area contributed by atoms with E-state index >= 15 is 0 Å². The summed E-state index contributed by atoms with van der Waals surface area (Å²) in [5.74, 6) is 0.730. The van der Waals surface area contributed by atoms with Gasteiger partial charge in [0.25, 0.3) is 0 Å². The number of hydrogen-bond acceptors (Lipinski definition) is 6. The van der Waals surface area contributed by atoms with E-state index in [1.165, 1.54) is 60.2 Å². The molecule has 2 aliphatic rings. The molecule has 3 aromatic rings. The Morgan fingerprint density at radius 1 is 1.03 bits per heavy atom. The first-order valence-electron chi connectivity index (χ1n) is 12.8. The highest BCUT2D eigenvalue weighted by Gasteiger charge is 2.22. The van der Waals surface area contributed by atoms with Crippen molar-refractivity contribution in [3.63, 3.8) is 0 Å². The van der Waals surface area contributed by atoms with Crippen LogP contribution < -0.4 is 15.5 Å². The average Bonchev–Trinajstić information content (AvgIpc) is 2.92. The summed E-state index contributed by atoms with van der Waals surface area (Å²) in [6, 6.07) is 17.7.